The molecule has 0 bridgehead atoms. The first kappa shape index (κ1) is 12.3. The summed E-state index contributed by atoms with van der Waals surface area (Å²) < 4.78 is 5.38. The highest BCUT2D eigenvalue weighted by Gasteiger charge is 2.10. The lowest BCUT2D eigenvalue weighted by Crippen LogP contribution is -2.04. The summed E-state index contributed by atoms with van der Waals surface area (Å²) in [7, 11) is 0. The van der Waals surface area contributed by atoms with Crippen molar-refractivity contribution in [2.24, 2.45) is 0 Å². The molecule has 6 heteroatoms. The van der Waals surface area contributed by atoms with Crippen LogP contribution in [0.3, 0.4) is 0 Å². The number of aromatic nitrogens is 2. The van der Waals surface area contributed by atoms with Crippen molar-refractivity contribution in [2.75, 3.05) is 0 Å². The van der Waals surface area contributed by atoms with E-state index in [0.717, 1.165) is 0 Å². The van der Waals surface area contributed by atoms with Crippen LogP contribution in [0.1, 0.15) is 16.1 Å². The van der Waals surface area contributed by atoms with Crippen LogP contribution < -0.4 is 4.74 Å². The van der Waals surface area contributed by atoms with Crippen molar-refractivity contribution in [3.63, 3.8) is 0 Å². The van der Waals surface area contributed by atoms with E-state index in [-0.39, 0.29) is 11.6 Å². The highest BCUT2D eigenvalue weighted by molar-refractivity contribution is 6.30. The number of benzene rings is 1. The van der Waals surface area contributed by atoms with Gasteiger partial charge in [-0.15, -0.1) is 0 Å². The Hall–Kier alpha value is -2.14. The lowest BCUT2D eigenvalue weighted by Gasteiger charge is -2.05. The van der Waals surface area contributed by atoms with Crippen LogP contribution in [0, 0.1) is 6.92 Å². The van der Waals surface area contributed by atoms with Gasteiger partial charge < -0.3 is 9.84 Å². The maximum Gasteiger partial charge on any atom is 0.339 e. The van der Waals surface area contributed by atoms with E-state index in [9.17, 15) is 4.79 Å². The number of aromatic carboxylic acids is 1. The third-order valence-corrected chi connectivity index (χ3v) is 2.46. The fourth-order valence-corrected chi connectivity index (χ4v) is 1.44. The molecule has 0 aliphatic carbocycles. The number of aryl methyl sites for hydroxylation is 1. The Labute approximate surface area is 108 Å². The number of carbonyl (C=O) groups is 1. The molecule has 1 aromatic carbocycles. The third-order valence-electron chi connectivity index (χ3n) is 2.21. The van der Waals surface area contributed by atoms with Crippen LogP contribution in [0.25, 0.3) is 0 Å². The lowest BCUT2D eigenvalue weighted by molar-refractivity contribution is 0.0695. The predicted molar refractivity (Wildman–Crippen MR) is 65.3 cm³/mol. The molecule has 18 heavy (non-hydrogen) atoms. The monoisotopic (exact) mass is 264 g/mol. The maximum absolute atomic E-state index is 10.8. The van der Waals surface area contributed by atoms with E-state index in [1.54, 1.807) is 31.2 Å². The van der Waals surface area contributed by atoms with Crippen molar-refractivity contribution >= 4 is 17.6 Å². The Balaban J connectivity index is 2.22. The van der Waals surface area contributed by atoms with Crippen molar-refractivity contribution in [3.8, 4) is 11.8 Å². The van der Waals surface area contributed by atoms with E-state index >= 15 is 0 Å². The summed E-state index contributed by atoms with van der Waals surface area (Å²) in [6.45, 7) is 1.58. The molecule has 1 aromatic heterocycles. The number of carboxylic acid groups (broad SMARTS) is 1. The van der Waals surface area contributed by atoms with Gasteiger partial charge in [-0.3, -0.25) is 0 Å². The van der Waals surface area contributed by atoms with Crippen LogP contribution in [-0.2, 0) is 0 Å². The Morgan fingerprint density at radius 3 is 2.56 bits per heavy atom. The Morgan fingerprint density at radius 2 is 2.00 bits per heavy atom. The van der Waals surface area contributed by atoms with Crippen molar-refractivity contribution in [1.29, 1.82) is 0 Å². The average molecular weight is 265 g/mol. The first-order chi connectivity index (χ1) is 8.56. The van der Waals surface area contributed by atoms with Crippen molar-refractivity contribution in [2.45, 2.75) is 6.92 Å². The molecular formula is C12H9ClN2O3. The zero-order valence-corrected chi connectivity index (χ0v) is 10.2. The van der Waals surface area contributed by atoms with E-state index in [1.165, 1.54) is 6.20 Å². The molecule has 0 saturated carbocycles. The molecule has 1 heterocycles. The predicted octanol–water partition coefficient (Wildman–Crippen LogP) is 2.93. The molecule has 2 aromatic rings. The molecule has 92 valence electrons. The van der Waals surface area contributed by atoms with Gasteiger partial charge in [-0.05, 0) is 31.2 Å². The smallest absolute Gasteiger partial charge is 0.339 e. The molecule has 0 aliphatic heterocycles. The molecule has 2 rings (SSSR count). The van der Waals surface area contributed by atoms with Gasteiger partial charge in [-0.25, -0.2) is 9.78 Å². The number of ether oxygens (including phenoxy) is 1. The molecule has 0 radical (unpaired) electrons. The van der Waals surface area contributed by atoms with E-state index in [2.05, 4.69) is 9.97 Å². The standard InChI is InChI=1S/C12H9ClN2O3/c1-7-10(11(16)17)6-14-12(15-7)18-9-4-2-8(13)3-5-9/h2-6H,1H3,(H,16,17). The van der Waals surface area contributed by atoms with Gasteiger partial charge in [0.1, 0.15) is 5.75 Å². The minimum atomic E-state index is -1.06. The first-order valence-electron chi connectivity index (χ1n) is 5.06. The molecule has 0 unspecified atom stereocenters. The average Bonchev–Trinajstić information content (AvgIpc) is 2.32. The van der Waals surface area contributed by atoms with Gasteiger partial charge in [0.05, 0.1) is 11.3 Å². The van der Waals surface area contributed by atoms with Crippen LogP contribution in [0.4, 0.5) is 0 Å². The fourth-order valence-electron chi connectivity index (χ4n) is 1.31. The Bertz CT molecular complexity index is 584. The molecule has 0 saturated heterocycles. The highest BCUT2D eigenvalue weighted by Crippen LogP contribution is 2.20. The molecule has 0 amide bonds. The summed E-state index contributed by atoms with van der Waals surface area (Å²) in [6.07, 6.45) is 1.22. The number of halogens is 1. The van der Waals surface area contributed by atoms with Crippen LogP contribution in [0.15, 0.2) is 30.5 Å². The normalized spacial score (nSPS) is 10.1. The number of rotatable bonds is 3. The topological polar surface area (TPSA) is 72.3 Å². The van der Waals surface area contributed by atoms with E-state index < -0.39 is 5.97 Å². The van der Waals surface area contributed by atoms with Crippen LogP contribution in [0.2, 0.25) is 5.02 Å². The second-order valence-electron chi connectivity index (χ2n) is 3.51. The van der Waals surface area contributed by atoms with Gasteiger partial charge in [0.15, 0.2) is 0 Å². The second kappa shape index (κ2) is 5.01. The van der Waals surface area contributed by atoms with Crippen molar-refractivity contribution in [3.05, 3.63) is 46.7 Å². The van der Waals surface area contributed by atoms with Crippen LogP contribution in [0.5, 0.6) is 11.8 Å². The molecule has 0 atom stereocenters. The molecule has 0 fully saturated rings. The Morgan fingerprint density at radius 1 is 1.33 bits per heavy atom. The lowest BCUT2D eigenvalue weighted by atomic mass is 10.2. The third kappa shape index (κ3) is 2.75. The van der Waals surface area contributed by atoms with Crippen molar-refractivity contribution < 1.29 is 14.6 Å². The minimum absolute atomic E-state index is 0.0541. The first-order valence-corrected chi connectivity index (χ1v) is 5.44. The van der Waals surface area contributed by atoms with E-state index in [4.69, 9.17) is 21.4 Å². The fraction of sp³-hybridized carbons (Fsp3) is 0.0833. The van der Waals surface area contributed by atoms with Gasteiger partial charge in [0.25, 0.3) is 0 Å². The summed E-state index contributed by atoms with van der Waals surface area (Å²) >= 11 is 5.74. The summed E-state index contributed by atoms with van der Waals surface area (Å²) in [4.78, 5) is 18.6. The number of hydrogen-bond donors (Lipinski definition) is 1. The summed E-state index contributed by atoms with van der Waals surface area (Å²) in [5.74, 6) is -0.535. The molecule has 0 aliphatic rings. The molecular weight excluding hydrogens is 256 g/mol. The summed E-state index contributed by atoms with van der Waals surface area (Å²) in [5.41, 5.74) is 0.403. The zero-order chi connectivity index (χ0) is 13.1. The molecule has 1 N–H and O–H groups in total. The zero-order valence-electron chi connectivity index (χ0n) is 9.42. The Kier molecular flexibility index (Phi) is 3.43. The highest BCUT2D eigenvalue weighted by atomic mass is 35.5. The molecule has 5 nitrogen and oxygen atoms in total. The van der Waals surface area contributed by atoms with Gasteiger partial charge in [0, 0.05) is 11.2 Å². The van der Waals surface area contributed by atoms with Gasteiger partial charge in [0.2, 0.25) is 0 Å². The minimum Gasteiger partial charge on any atom is -0.478 e. The molecule has 0 spiro atoms. The van der Waals surface area contributed by atoms with Gasteiger partial charge in [-0.2, -0.15) is 4.98 Å². The van der Waals surface area contributed by atoms with Crippen LogP contribution in [-0.4, -0.2) is 21.0 Å². The largest absolute Gasteiger partial charge is 0.478 e. The van der Waals surface area contributed by atoms with E-state index in [0.29, 0.717) is 16.5 Å². The van der Waals surface area contributed by atoms with E-state index in [1.807, 2.05) is 0 Å². The van der Waals surface area contributed by atoms with Gasteiger partial charge in [-0.1, -0.05) is 11.6 Å². The number of carboxylic acids is 1. The quantitative estimate of drug-likeness (QED) is 0.923. The van der Waals surface area contributed by atoms with Gasteiger partial charge >= 0.3 is 12.0 Å². The number of nitrogens with zero attached hydrogens (tertiary/aromatic N) is 2. The summed E-state index contributed by atoms with van der Waals surface area (Å²) in [6, 6.07) is 6.79. The van der Waals surface area contributed by atoms with Crippen molar-refractivity contribution in [1.82, 2.24) is 9.97 Å². The maximum atomic E-state index is 10.8. The summed E-state index contributed by atoms with van der Waals surface area (Å²) in [5, 5.41) is 9.44. The second-order valence-corrected chi connectivity index (χ2v) is 3.95. The SMILES string of the molecule is Cc1nc(Oc2ccc(Cl)cc2)ncc1C(=O)O. The van der Waals surface area contributed by atoms with Crippen LogP contribution >= 0.6 is 11.6 Å². The number of hydrogen-bond acceptors (Lipinski definition) is 4.